The summed E-state index contributed by atoms with van der Waals surface area (Å²) >= 11 is 0. The lowest BCUT2D eigenvalue weighted by molar-refractivity contribution is 0.594. The first-order valence-electron chi connectivity index (χ1n) is 4.54. The van der Waals surface area contributed by atoms with Crippen molar-refractivity contribution < 1.29 is 0 Å². The average molecular weight is 137 g/mol. The molecule has 2 unspecified atom stereocenters. The van der Waals surface area contributed by atoms with E-state index in [4.69, 9.17) is 0 Å². The van der Waals surface area contributed by atoms with Gasteiger partial charge in [0.25, 0.3) is 0 Å². The fourth-order valence-electron chi connectivity index (χ4n) is 1.56. The molecule has 0 bridgehead atoms. The zero-order valence-corrected chi connectivity index (χ0v) is 7.06. The molecule has 10 heavy (non-hydrogen) atoms. The highest BCUT2D eigenvalue weighted by Crippen LogP contribution is 2.52. The van der Waals surface area contributed by atoms with Gasteiger partial charge in [-0.05, 0) is 49.4 Å². The molecule has 0 aromatic rings. The molecular weight excluding hydrogens is 120 g/mol. The summed E-state index contributed by atoms with van der Waals surface area (Å²) in [6, 6.07) is 0. The highest BCUT2D eigenvalue weighted by Gasteiger charge is 2.40. The third kappa shape index (κ3) is 1.36. The molecule has 0 N–H and O–H groups in total. The van der Waals surface area contributed by atoms with Crippen LogP contribution in [0.4, 0.5) is 0 Å². The Morgan fingerprint density at radius 3 is 2.50 bits per heavy atom. The van der Waals surface area contributed by atoms with Gasteiger partial charge in [-0.1, -0.05) is 13.8 Å². The second kappa shape index (κ2) is 1.99. The van der Waals surface area contributed by atoms with E-state index in [1.165, 1.54) is 25.7 Å². The summed E-state index contributed by atoms with van der Waals surface area (Å²) in [5.41, 5.74) is 0.683. The molecule has 2 atom stereocenters. The maximum absolute atomic E-state index is 2.57. The van der Waals surface area contributed by atoms with Crippen LogP contribution in [0.5, 0.6) is 0 Å². The molecule has 0 saturated heterocycles. The summed E-state index contributed by atoms with van der Waals surface area (Å²) in [5, 5.41) is 0. The highest BCUT2D eigenvalue weighted by molar-refractivity contribution is 5.02. The van der Waals surface area contributed by atoms with E-state index in [1.807, 2.05) is 0 Å². The van der Waals surface area contributed by atoms with E-state index in [9.17, 15) is 0 Å². The maximum Gasteiger partial charge on any atom is -0.0294 e. The summed E-state index contributed by atoms with van der Waals surface area (Å²) in [6.07, 6.45) is 8.37. The van der Waals surface area contributed by atoms with Crippen LogP contribution in [0.25, 0.3) is 0 Å². The van der Waals surface area contributed by atoms with E-state index in [1.54, 1.807) is 0 Å². The standard InChI is InChI=1S/C10H17/c1-8-7-9(8)3-4-10(2)5-6-10/h4,8-9H,3,5-7H2,1-2H3. The van der Waals surface area contributed by atoms with Crippen molar-refractivity contribution in [1.82, 2.24) is 0 Å². The smallest absolute Gasteiger partial charge is 0.0294 e. The van der Waals surface area contributed by atoms with E-state index >= 15 is 0 Å². The maximum atomic E-state index is 2.57. The minimum atomic E-state index is 0.683. The second-order valence-electron chi connectivity index (χ2n) is 4.57. The van der Waals surface area contributed by atoms with Gasteiger partial charge in [-0.15, -0.1) is 0 Å². The molecule has 2 aliphatic rings. The van der Waals surface area contributed by atoms with Crippen LogP contribution in [0, 0.1) is 23.7 Å². The molecule has 0 aliphatic heterocycles. The van der Waals surface area contributed by atoms with E-state index in [2.05, 4.69) is 20.3 Å². The van der Waals surface area contributed by atoms with Crippen LogP contribution in [0.3, 0.4) is 0 Å². The van der Waals surface area contributed by atoms with Crippen LogP contribution < -0.4 is 0 Å². The lowest BCUT2D eigenvalue weighted by atomic mass is 10.0. The lowest BCUT2D eigenvalue weighted by Gasteiger charge is -2.04. The summed E-state index contributed by atoms with van der Waals surface area (Å²) in [6.45, 7) is 4.76. The topological polar surface area (TPSA) is 0 Å². The van der Waals surface area contributed by atoms with Crippen molar-refractivity contribution in [1.29, 1.82) is 0 Å². The Morgan fingerprint density at radius 2 is 2.10 bits per heavy atom. The minimum Gasteiger partial charge on any atom is -0.0622 e. The van der Waals surface area contributed by atoms with Gasteiger partial charge in [0.05, 0.1) is 0 Å². The van der Waals surface area contributed by atoms with E-state index in [-0.39, 0.29) is 0 Å². The van der Waals surface area contributed by atoms with Crippen molar-refractivity contribution in [3.05, 3.63) is 6.42 Å². The van der Waals surface area contributed by atoms with Gasteiger partial charge in [0, 0.05) is 0 Å². The SMILES string of the molecule is CC1CC1C[CH]C1(C)CC1. The molecule has 0 heteroatoms. The van der Waals surface area contributed by atoms with E-state index < -0.39 is 0 Å². The summed E-state index contributed by atoms with van der Waals surface area (Å²) in [7, 11) is 0. The number of hydrogen-bond acceptors (Lipinski definition) is 0. The molecule has 0 aromatic heterocycles. The molecule has 2 saturated carbocycles. The molecule has 57 valence electrons. The predicted octanol–water partition coefficient (Wildman–Crippen LogP) is 3.04. The van der Waals surface area contributed by atoms with Crippen LogP contribution in [-0.2, 0) is 0 Å². The van der Waals surface area contributed by atoms with E-state index in [0.29, 0.717) is 5.41 Å². The Morgan fingerprint density at radius 1 is 1.50 bits per heavy atom. The van der Waals surface area contributed by atoms with Gasteiger partial charge < -0.3 is 0 Å². The second-order valence-corrected chi connectivity index (χ2v) is 4.57. The zero-order chi connectivity index (χ0) is 7.19. The molecule has 0 heterocycles. The van der Waals surface area contributed by atoms with Crippen LogP contribution in [0.15, 0.2) is 0 Å². The summed E-state index contributed by atoms with van der Waals surface area (Å²) in [5.74, 6) is 2.11. The van der Waals surface area contributed by atoms with Crippen LogP contribution in [-0.4, -0.2) is 0 Å². The third-order valence-corrected chi connectivity index (χ3v) is 3.23. The van der Waals surface area contributed by atoms with Crippen molar-refractivity contribution in [3.8, 4) is 0 Å². The Balaban J connectivity index is 1.64. The fourth-order valence-corrected chi connectivity index (χ4v) is 1.56. The molecule has 0 spiro atoms. The fraction of sp³-hybridized carbons (Fsp3) is 0.900. The van der Waals surface area contributed by atoms with Crippen molar-refractivity contribution in [2.24, 2.45) is 17.3 Å². The number of hydrogen-bond donors (Lipinski definition) is 0. The third-order valence-electron chi connectivity index (χ3n) is 3.23. The van der Waals surface area contributed by atoms with Crippen molar-refractivity contribution >= 4 is 0 Å². The lowest BCUT2D eigenvalue weighted by Crippen LogP contribution is -1.94. The normalized spacial score (nSPS) is 41.4. The van der Waals surface area contributed by atoms with Crippen LogP contribution in [0.2, 0.25) is 0 Å². The molecule has 2 rings (SSSR count). The first kappa shape index (κ1) is 6.69. The van der Waals surface area contributed by atoms with Crippen LogP contribution >= 0.6 is 0 Å². The predicted molar refractivity (Wildman–Crippen MR) is 43.5 cm³/mol. The van der Waals surface area contributed by atoms with Gasteiger partial charge in [0.1, 0.15) is 0 Å². The van der Waals surface area contributed by atoms with Gasteiger partial charge in [0.2, 0.25) is 0 Å². The largest absolute Gasteiger partial charge is 0.0622 e. The van der Waals surface area contributed by atoms with Gasteiger partial charge in [-0.2, -0.15) is 0 Å². The molecule has 0 nitrogen and oxygen atoms in total. The highest BCUT2D eigenvalue weighted by atomic mass is 14.5. The van der Waals surface area contributed by atoms with Gasteiger partial charge in [-0.3, -0.25) is 0 Å². The average Bonchev–Trinajstić information content (AvgIpc) is 2.71. The Labute approximate surface area is 64.0 Å². The Hall–Kier alpha value is 0. The minimum absolute atomic E-state index is 0.683. The molecule has 0 aromatic carbocycles. The van der Waals surface area contributed by atoms with Gasteiger partial charge in [0.15, 0.2) is 0 Å². The first-order chi connectivity index (χ1) is 4.70. The Bertz CT molecular complexity index is 133. The molecule has 2 aliphatic carbocycles. The van der Waals surface area contributed by atoms with Gasteiger partial charge >= 0.3 is 0 Å². The Kier molecular flexibility index (Phi) is 1.33. The molecule has 1 radical (unpaired) electrons. The summed E-state index contributed by atoms with van der Waals surface area (Å²) in [4.78, 5) is 0. The van der Waals surface area contributed by atoms with Crippen molar-refractivity contribution in [3.63, 3.8) is 0 Å². The zero-order valence-electron chi connectivity index (χ0n) is 7.06. The molecule has 2 fully saturated rings. The van der Waals surface area contributed by atoms with E-state index in [0.717, 1.165) is 11.8 Å². The monoisotopic (exact) mass is 137 g/mol. The quantitative estimate of drug-likeness (QED) is 0.561. The summed E-state index contributed by atoms with van der Waals surface area (Å²) < 4.78 is 0. The van der Waals surface area contributed by atoms with Gasteiger partial charge in [-0.25, -0.2) is 0 Å². The van der Waals surface area contributed by atoms with Crippen molar-refractivity contribution in [2.45, 2.75) is 39.5 Å². The van der Waals surface area contributed by atoms with Crippen LogP contribution in [0.1, 0.15) is 39.5 Å². The first-order valence-corrected chi connectivity index (χ1v) is 4.54. The molecular formula is C10H17. The molecule has 0 amide bonds. The number of rotatable bonds is 3. The van der Waals surface area contributed by atoms with Crippen molar-refractivity contribution in [2.75, 3.05) is 0 Å².